The van der Waals surface area contributed by atoms with Crippen molar-refractivity contribution >= 4 is 34.8 Å². The minimum atomic E-state index is -0.596. The number of carbonyl (C=O) groups is 1. The Morgan fingerprint density at radius 1 is 1.20 bits per heavy atom. The molecule has 7 heteroatoms. The fourth-order valence-corrected chi connectivity index (χ4v) is 4.42. The Bertz CT molecular complexity index is 1150. The predicted molar refractivity (Wildman–Crippen MR) is 116 cm³/mol. The highest BCUT2D eigenvalue weighted by molar-refractivity contribution is 6.39. The van der Waals surface area contributed by atoms with Crippen molar-refractivity contribution < 1.29 is 14.1 Å². The molecule has 3 aromatic rings. The number of benzene rings is 2. The second-order valence-corrected chi connectivity index (χ2v) is 9.13. The van der Waals surface area contributed by atoms with Crippen LogP contribution in [0.5, 0.6) is 5.75 Å². The molecule has 1 saturated carbocycles. The van der Waals surface area contributed by atoms with Gasteiger partial charge in [0.2, 0.25) is 5.91 Å². The summed E-state index contributed by atoms with van der Waals surface area (Å²) < 4.78 is 11.8. The summed E-state index contributed by atoms with van der Waals surface area (Å²) in [5.74, 6) is 1.85. The second kappa shape index (κ2) is 7.03. The van der Waals surface area contributed by atoms with Gasteiger partial charge in [0.25, 0.3) is 0 Å². The predicted octanol–water partition coefficient (Wildman–Crippen LogP) is 6.33. The molecule has 5 rings (SSSR count). The van der Waals surface area contributed by atoms with Crippen molar-refractivity contribution in [3.8, 4) is 17.0 Å². The van der Waals surface area contributed by atoms with E-state index >= 15 is 0 Å². The smallest absolute Gasteiger partial charge is 0.234 e. The van der Waals surface area contributed by atoms with Crippen molar-refractivity contribution in [2.75, 3.05) is 5.32 Å². The van der Waals surface area contributed by atoms with E-state index in [1.165, 1.54) is 0 Å². The van der Waals surface area contributed by atoms with Crippen LogP contribution in [0.25, 0.3) is 11.3 Å². The van der Waals surface area contributed by atoms with Gasteiger partial charge in [0.15, 0.2) is 0 Å². The van der Waals surface area contributed by atoms with Crippen molar-refractivity contribution in [2.24, 2.45) is 0 Å². The van der Waals surface area contributed by atoms with Crippen LogP contribution in [0, 0.1) is 0 Å². The fraction of sp³-hybridized carbons (Fsp3) is 0.304. The van der Waals surface area contributed by atoms with Gasteiger partial charge in [0.1, 0.15) is 23.8 Å². The van der Waals surface area contributed by atoms with Gasteiger partial charge in [-0.1, -0.05) is 34.4 Å². The average molecular weight is 443 g/mol. The Kier molecular flexibility index (Phi) is 4.56. The summed E-state index contributed by atoms with van der Waals surface area (Å²) in [4.78, 5) is 12.2. The number of ether oxygens (including phenoxy) is 1. The van der Waals surface area contributed by atoms with E-state index in [1.54, 1.807) is 18.2 Å². The Morgan fingerprint density at radius 3 is 2.63 bits per heavy atom. The number of rotatable bonds is 5. The van der Waals surface area contributed by atoms with E-state index in [4.69, 9.17) is 32.5 Å². The zero-order valence-electron chi connectivity index (χ0n) is 16.6. The molecule has 0 unspecified atom stereocenters. The monoisotopic (exact) mass is 442 g/mol. The molecule has 2 heterocycles. The van der Waals surface area contributed by atoms with Crippen LogP contribution in [-0.4, -0.2) is 11.1 Å². The third-order valence-electron chi connectivity index (χ3n) is 5.83. The van der Waals surface area contributed by atoms with E-state index < -0.39 is 5.41 Å². The molecule has 1 N–H and O–H groups in total. The fourth-order valence-electron chi connectivity index (χ4n) is 3.84. The molecule has 30 heavy (non-hydrogen) atoms. The van der Waals surface area contributed by atoms with Gasteiger partial charge >= 0.3 is 0 Å². The molecule has 0 radical (unpaired) electrons. The van der Waals surface area contributed by atoms with Gasteiger partial charge in [0, 0.05) is 17.2 Å². The van der Waals surface area contributed by atoms with Crippen molar-refractivity contribution in [3.05, 3.63) is 63.3 Å². The van der Waals surface area contributed by atoms with Crippen LogP contribution in [0.15, 0.2) is 40.9 Å². The molecule has 154 valence electrons. The summed E-state index contributed by atoms with van der Waals surface area (Å²) in [5.41, 5.74) is 3.28. The molecule has 0 atom stereocenters. The van der Waals surface area contributed by atoms with Crippen LogP contribution in [0.2, 0.25) is 10.0 Å². The van der Waals surface area contributed by atoms with Crippen LogP contribution in [0.1, 0.15) is 49.5 Å². The molecule has 0 spiro atoms. The third kappa shape index (κ3) is 3.17. The molecule has 2 aliphatic rings. The highest BCUT2D eigenvalue weighted by atomic mass is 35.5. The maximum atomic E-state index is 12.2. The Labute approximate surface area is 184 Å². The standard InChI is InChI=1S/C23H20Cl2N2O3/c1-23(2)15-10-13(8-9-18(15)26-22(23)28)29-11-14-20(27-30-21(14)12-6-7-12)19-16(24)4-3-5-17(19)25/h3-5,8-10,12H,6-7,11H2,1-2H3,(H,26,28). The van der Waals surface area contributed by atoms with E-state index in [1.807, 2.05) is 32.0 Å². The Hall–Kier alpha value is -2.50. The molecule has 5 nitrogen and oxygen atoms in total. The molecular formula is C23H20Cl2N2O3. The lowest BCUT2D eigenvalue weighted by molar-refractivity contribution is -0.119. The SMILES string of the molecule is CC1(C)C(=O)Nc2ccc(OCc3c(-c4c(Cl)cccc4Cl)noc3C3CC3)cc21. The van der Waals surface area contributed by atoms with E-state index in [0.29, 0.717) is 33.0 Å². The quantitative estimate of drug-likeness (QED) is 0.500. The highest BCUT2D eigenvalue weighted by Crippen LogP contribution is 2.46. The van der Waals surface area contributed by atoms with Gasteiger partial charge in [-0.15, -0.1) is 0 Å². The number of hydrogen-bond acceptors (Lipinski definition) is 4. The molecule has 1 aromatic heterocycles. The van der Waals surface area contributed by atoms with E-state index in [2.05, 4.69) is 10.5 Å². The lowest BCUT2D eigenvalue weighted by Crippen LogP contribution is -2.26. The molecule has 1 fully saturated rings. The molecular weight excluding hydrogens is 423 g/mol. The summed E-state index contributed by atoms with van der Waals surface area (Å²) in [5, 5.41) is 8.24. The van der Waals surface area contributed by atoms with Crippen LogP contribution in [-0.2, 0) is 16.8 Å². The zero-order valence-corrected chi connectivity index (χ0v) is 18.1. The van der Waals surface area contributed by atoms with Gasteiger partial charge in [0.05, 0.1) is 21.0 Å². The minimum Gasteiger partial charge on any atom is -0.489 e. The summed E-state index contributed by atoms with van der Waals surface area (Å²) in [7, 11) is 0. The van der Waals surface area contributed by atoms with Gasteiger partial charge in [-0.05, 0) is 62.6 Å². The van der Waals surface area contributed by atoms with E-state index in [9.17, 15) is 4.79 Å². The van der Waals surface area contributed by atoms with Gasteiger partial charge in [-0.2, -0.15) is 0 Å². The molecule has 1 aliphatic heterocycles. The first-order valence-corrected chi connectivity index (χ1v) is 10.6. The number of nitrogens with zero attached hydrogens (tertiary/aromatic N) is 1. The summed E-state index contributed by atoms with van der Waals surface area (Å²) in [6.45, 7) is 4.08. The number of fused-ring (bicyclic) bond motifs is 1. The largest absolute Gasteiger partial charge is 0.489 e. The van der Waals surface area contributed by atoms with E-state index in [0.717, 1.165) is 35.4 Å². The van der Waals surface area contributed by atoms with Crippen molar-refractivity contribution in [3.63, 3.8) is 0 Å². The summed E-state index contributed by atoms with van der Waals surface area (Å²) >= 11 is 12.8. The number of carbonyl (C=O) groups excluding carboxylic acids is 1. The molecule has 1 amide bonds. The maximum absolute atomic E-state index is 12.2. The number of amides is 1. The first kappa shape index (κ1) is 19.5. The normalized spacial score (nSPS) is 17.0. The van der Waals surface area contributed by atoms with Crippen LogP contribution < -0.4 is 10.1 Å². The Balaban J connectivity index is 1.48. The number of aromatic nitrogens is 1. The lowest BCUT2D eigenvalue weighted by Gasteiger charge is -2.16. The van der Waals surface area contributed by atoms with Crippen LogP contribution >= 0.6 is 23.2 Å². The summed E-state index contributed by atoms with van der Waals surface area (Å²) in [6.07, 6.45) is 2.14. The molecule has 1 aliphatic carbocycles. The summed E-state index contributed by atoms with van der Waals surface area (Å²) in [6, 6.07) is 11.0. The number of halogens is 2. The van der Waals surface area contributed by atoms with Crippen molar-refractivity contribution in [1.29, 1.82) is 0 Å². The number of nitrogens with one attached hydrogen (secondary N) is 1. The Morgan fingerprint density at radius 2 is 1.93 bits per heavy atom. The molecule has 2 aromatic carbocycles. The first-order chi connectivity index (χ1) is 14.4. The van der Waals surface area contributed by atoms with Crippen LogP contribution in [0.4, 0.5) is 5.69 Å². The van der Waals surface area contributed by atoms with Gasteiger partial charge in [-0.3, -0.25) is 4.79 Å². The first-order valence-electron chi connectivity index (χ1n) is 9.88. The topological polar surface area (TPSA) is 64.4 Å². The van der Waals surface area contributed by atoms with Crippen molar-refractivity contribution in [2.45, 2.75) is 44.6 Å². The van der Waals surface area contributed by atoms with Crippen molar-refractivity contribution in [1.82, 2.24) is 5.16 Å². The average Bonchev–Trinajstić information content (AvgIpc) is 3.42. The van der Waals surface area contributed by atoms with Gasteiger partial charge < -0.3 is 14.6 Å². The second-order valence-electron chi connectivity index (χ2n) is 8.32. The zero-order chi connectivity index (χ0) is 21.0. The number of hydrogen-bond donors (Lipinski definition) is 1. The highest BCUT2D eigenvalue weighted by Gasteiger charge is 2.38. The van der Waals surface area contributed by atoms with Crippen LogP contribution in [0.3, 0.4) is 0 Å². The molecule has 0 bridgehead atoms. The molecule has 0 saturated heterocycles. The lowest BCUT2D eigenvalue weighted by atomic mass is 9.86. The maximum Gasteiger partial charge on any atom is 0.234 e. The number of anilines is 1. The third-order valence-corrected chi connectivity index (χ3v) is 6.46. The van der Waals surface area contributed by atoms with E-state index in [-0.39, 0.29) is 12.5 Å². The minimum absolute atomic E-state index is 0.0136. The van der Waals surface area contributed by atoms with Gasteiger partial charge in [-0.25, -0.2) is 0 Å².